The molecule has 1 heterocycles. The summed E-state index contributed by atoms with van der Waals surface area (Å²) in [7, 11) is 1.50. The summed E-state index contributed by atoms with van der Waals surface area (Å²) < 4.78 is 15.9. The molecule has 0 N–H and O–H groups in total. The highest BCUT2D eigenvalue weighted by Gasteiger charge is 2.25. The van der Waals surface area contributed by atoms with Gasteiger partial charge in [0.2, 0.25) is 0 Å². The Balaban J connectivity index is 2.11. The number of amides is 1. The van der Waals surface area contributed by atoms with Crippen molar-refractivity contribution in [3.05, 3.63) is 23.8 Å². The van der Waals surface area contributed by atoms with Crippen LogP contribution in [0.15, 0.2) is 23.3 Å². The molecule has 0 radical (unpaired) electrons. The van der Waals surface area contributed by atoms with Gasteiger partial charge >= 0.3 is 5.97 Å². The minimum absolute atomic E-state index is 0.159. The average Bonchev–Trinajstić information content (AvgIpc) is 2.89. The highest BCUT2D eigenvalue weighted by molar-refractivity contribution is 8.23. The maximum absolute atomic E-state index is 11.6. The van der Waals surface area contributed by atoms with Crippen molar-refractivity contribution in [2.24, 2.45) is 5.10 Å². The van der Waals surface area contributed by atoms with Gasteiger partial charge < -0.3 is 14.2 Å². The number of benzene rings is 1. The molecule has 1 amide bonds. The quantitative estimate of drug-likeness (QED) is 0.413. The minimum atomic E-state index is -0.469. The zero-order valence-electron chi connectivity index (χ0n) is 13.2. The van der Waals surface area contributed by atoms with Crippen molar-refractivity contribution in [2.75, 3.05) is 26.1 Å². The number of hydrogen-bond acceptors (Lipinski definition) is 8. The molecule has 0 saturated carbocycles. The third-order valence-electron chi connectivity index (χ3n) is 2.89. The van der Waals surface area contributed by atoms with Crippen LogP contribution in [0.2, 0.25) is 0 Å². The van der Waals surface area contributed by atoms with Gasteiger partial charge in [-0.2, -0.15) is 10.1 Å². The van der Waals surface area contributed by atoms with Gasteiger partial charge in [0.05, 0.1) is 25.7 Å². The molecule has 1 fully saturated rings. The Kier molecular flexibility index (Phi) is 6.56. The zero-order valence-corrected chi connectivity index (χ0v) is 14.8. The van der Waals surface area contributed by atoms with E-state index in [2.05, 4.69) is 5.10 Å². The van der Waals surface area contributed by atoms with Gasteiger partial charge in [0.15, 0.2) is 22.4 Å². The van der Waals surface area contributed by atoms with Gasteiger partial charge in [0, 0.05) is 0 Å². The molecule has 1 aromatic rings. The third-order valence-corrected chi connectivity index (χ3v) is 4.23. The lowest BCUT2D eigenvalue weighted by Gasteiger charge is -2.11. The van der Waals surface area contributed by atoms with Crippen LogP contribution in [0.25, 0.3) is 0 Å². The SMILES string of the molecule is CCOC(=O)COc1cc(/C=N\N2C(=O)CSC2=S)ccc1OC. The Morgan fingerprint density at radius 3 is 2.88 bits per heavy atom. The molecule has 0 spiro atoms. The van der Waals surface area contributed by atoms with Crippen LogP contribution in [0.4, 0.5) is 0 Å². The largest absolute Gasteiger partial charge is 0.493 e. The third kappa shape index (κ3) is 4.68. The summed E-state index contributed by atoms with van der Waals surface area (Å²) in [6, 6.07) is 5.08. The monoisotopic (exact) mass is 368 g/mol. The normalized spacial score (nSPS) is 14.3. The fourth-order valence-corrected chi connectivity index (χ4v) is 2.78. The fourth-order valence-electron chi connectivity index (χ4n) is 1.81. The van der Waals surface area contributed by atoms with E-state index in [4.69, 9.17) is 26.4 Å². The molecule has 0 aliphatic carbocycles. The molecule has 1 aromatic carbocycles. The van der Waals surface area contributed by atoms with Crippen LogP contribution in [0.5, 0.6) is 11.5 Å². The van der Waals surface area contributed by atoms with Gasteiger partial charge in [-0.25, -0.2) is 4.79 Å². The van der Waals surface area contributed by atoms with Crippen LogP contribution in [0.3, 0.4) is 0 Å². The lowest BCUT2D eigenvalue weighted by molar-refractivity contribution is -0.145. The summed E-state index contributed by atoms with van der Waals surface area (Å²) in [5.41, 5.74) is 0.669. The van der Waals surface area contributed by atoms with E-state index in [1.807, 2.05) is 0 Å². The predicted molar refractivity (Wildman–Crippen MR) is 94.6 cm³/mol. The van der Waals surface area contributed by atoms with Gasteiger partial charge in [0.1, 0.15) is 0 Å². The molecule has 0 atom stereocenters. The molecule has 9 heteroatoms. The van der Waals surface area contributed by atoms with Gasteiger partial charge in [-0.05, 0) is 30.7 Å². The number of ether oxygens (including phenoxy) is 3. The molecule has 1 aliphatic heterocycles. The first-order valence-corrected chi connectivity index (χ1v) is 8.44. The van der Waals surface area contributed by atoms with E-state index in [0.717, 1.165) is 0 Å². The topological polar surface area (TPSA) is 77.4 Å². The maximum Gasteiger partial charge on any atom is 0.344 e. The predicted octanol–water partition coefficient (Wildman–Crippen LogP) is 1.83. The number of thioether (sulfide) groups is 1. The molecule has 1 aliphatic rings. The Hall–Kier alpha value is -2.13. The van der Waals surface area contributed by atoms with Crippen molar-refractivity contribution >= 4 is 46.4 Å². The molecule has 24 heavy (non-hydrogen) atoms. The highest BCUT2D eigenvalue weighted by atomic mass is 32.2. The van der Waals surface area contributed by atoms with Crippen molar-refractivity contribution in [1.29, 1.82) is 0 Å². The number of carbonyl (C=O) groups is 2. The molecule has 2 rings (SSSR count). The number of thiocarbonyl (C=S) groups is 1. The molecular weight excluding hydrogens is 352 g/mol. The first-order chi connectivity index (χ1) is 11.5. The number of hydrazone groups is 1. The molecule has 0 bridgehead atoms. The van der Waals surface area contributed by atoms with Gasteiger partial charge in [-0.3, -0.25) is 4.79 Å². The zero-order chi connectivity index (χ0) is 17.5. The summed E-state index contributed by atoms with van der Waals surface area (Å²) in [5, 5.41) is 5.27. The molecule has 0 aromatic heterocycles. The second kappa shape index (κ2) is 8.65. The van der Waals surface area contributed by atoms with Crippen LogP contribution >= 0.6 is 24.0 Å². The number of rotatable bonds is 7. The van der Waals surface area contributed by atoms with E-state index in [-0.39, 0.29) is 19.1 Å². The van der Waals surface area contributed by atoms with Crippen molar-refractivity contribution in [3.8, 4) is 11.5 Å². The lowest BCUT2D eigenvalue weighted by atomic mass is 10.2. The van der Waals surface area contributed by atoms with E-state index < -0.39 is 5.97 Å². The van der Waals surface area contributed by atoms with Crippen molar-refractivity contribution < 1.29 is 23.8 Å². The molecule has 128 valence electrons. The summed E-state index contributed by atoms with van der Waals surface area (Å²) in [4.78, 5) is 23.0. The summed E-state index contributed by atoms with van der Waals surface area (Å²) in [6.45, 7) is 1.78. The number of nitrogens with zero attached hydrogens (tertiary/aromatic N) is 2. The molecule has 0 unspecified atom stereocenters. The number of hydrogen-bond donors (Lipinski definition) is 0. The lowest BCUT2D eigenvalue weighted by Crippen LogP contribution is -2.22. The smallest absolute Gasteiger partial charge is 0.344 e. The van der Waals surface area contributed by atoms with E-state index in [0.29, 0.717) is 27.1 Å². The second-order valence-electron chi connectivity index (χ2n) is 4.51. The fraction of sp³-hybridized carbons (Fsp3) is 0.333. The Morgan fingerprint density at radius 1 is 1.46 bits per heavy atom. The van der Waals surface area contributed by atoms with Crippen LogP contribution in [0.1, 0.15) is 12.5 Å². The number of carbonyl (C=O) groups excluding carboxylic acids is 2. The minimum Gasteiger partial charge on any atom is -0.493 e. The standard InChI is InChI=1S/C15H16N2O5S2/c1-3-21-14(19)8-22-12-6-10(4-5-11(12)20-2)7-16-17-13(18)9-24-15(17)23/h4-7H,3,8-9H2,1-2H3/b16-7-. The molecule has 1 saturated heterocycles. The van der Waals surface area contributed by atoms with Crippen molar-refractivity contribution in [3.63, 3.8) is 0 Å². The van der Waals surface area contributed by atoms with Crippen molar-refractivity contribution in [2.45, 2.75) is 6.92 Å². The number of methoxy groups -OCH3 is 1. The van der Waals surface area contributed by atoms with Crippen LogP contribution < -0.4 is 9.47 Å². The van der Waals surface area contributed by atoms with Gasteiger partial charge in [0.25, 0.3) is 5.91 Å². The van der Waals surface area contributed by atoms with E-state index >= 15 is 0 Å². The summed E-state index contributed by atoms with van der Waals surface area (Å²) >= 11 is 6.32. The molecular formula is C15H16N2O5S2. The Bertz CT molecular complexity index is 662. The molecule has 7 nitrogen and oxygen atoms in total. The van der Waals surface area contributed by atoms with Gasteiger partial charge in [-0.15, -0.1) is 0 Å². The Labute approximate surface area is 148 Å². The van der Waals surface area contributed by atoms with Crippen LogP contribution in [0, 0.1) is 0 Å². The van der Waals surface area contributed by atoms with Crippen LogP contribution in [-0.4, -0.2) is 53.5 Å². The first-order valence-electron chi connectivity index (χ1n) is 7.05. The average molecular weight is 368 g/mol. The van der Waals surface area contributed by atoms with Gasteiger partial charge in [-0.1, -0.05) is 24.0 Å². The summed E-state index contributed by atoms with van der Waals surface area (Å²) in [6.07, 6.45) is 1.49. The summed E-state index contributed by atoms with van der Waals surface area (Å²) in [5.74, 6) is 0.517. The highest BCUT2D eigenvalue weighted by Crippen LogP contribution is 2.28. The Morgan fingerprint density at radius 2 is 2.25 bits per heavy atom. The van der Waals surface area contributed by atoms with Crippen LogP contribution in [-0.2, 0) is 14.3 Å². The van der Waals surface area contributed by atoms with E-state index in [1.165, 1.54) is 30.1 Å². The number of esters is 1. The second-order valence-corrected chi connectivity index (χ2v) is 6.12. The van der Waals surface area contributed by atoms with Crippen molar-refractivity contribution in [1.82, 2.24) is 5.01 Å². The van der Waals surface area contributed by atoms with E-state index in [1.54, 1.807) is 25.1 Å². The van der Waals surface area contributed by atoms with E-state index in [9.17, 15) is 9.59 Å². The maximum atomic E-state index is 11.6. The first kappa shape index (κ1) is 18.2.